The minimum absolute atomic E-state index is 0.454. The van der Waals surface area contributed by atoms with Gasteiger partial charge in [0.15, 0.2) is 5.82 Å². The van der Waals surface area contributed by atoms with E-state index in [0.29, 0.717) is 18.1 Å². The Kier molecular flexibility index (Phi) is 5.18. The number of pyridine rings is 1. The third-order valence-corrected chi connectivity index (χ3v) is 5.06. The Hall–Kier alpha value is -3.74. The summed E-state index contributed by atoms with van der Waals surface area (Å²) in [6.07, 6.45) is 5.33. The molecule has 0 bridgehead atoms. The lowest BCUT2D eigenvalue weighted by Crippen LogP contribution is -2.14. The monoisotopic (exact) mass is 399 g/mol. The summed E-state index contributed by atoms with van der Waals surface area (Å²) in [5.74, 6) is 0.714. The molecule has 7 heteroatoms. The summed E-state index contributed by atoms with van der Waals surface area (Å²) in [7, 11) is 1.96. The van der Waals surface area contributed by atoms with Gasteiger partial charge in [-0.05, 0) is 56.7 Å². The molecular formula is C23H25N7. The highest BCUT2D eigenvalue weighted by Crippen LogP contribution is 2.28. The second-order valence-corrected chi connectivity index (χ2v) is 7.44. The number of hydrogen-bond donors (Lipinski definition) is 3. The number of aromatic nitrogens is 5. The first kappa shape index (κ1) is 19.6. The molecule has 4 aromatic rings. The zero-order chi connectivity index (χ0) is 21.3. The minimum Gasteiger partial charge on any atom is -0.378 e. The molecule has 3 heterocycles. The lowest BCUT2D eigenvalue weighted by Gasteiger charge is -2.09. The smallest absolute Gasteiger partial charge is 0.154 e. The van der Waals surface area contributed by atoms with Gasteiger partial charge in [-0.2, -0.15) is 5.10 Å². The summed E-state index contributed by atoms with van der Waals surface area (Å²) in [5.41, 5.74) is 7.40. The third-order valence-electron chi connectivity index (χ3n) is 5.06. The zero-order valence-electron chi connectivity index (χ0n) is 17.6. The quantitative estimate of drug-likeness (QED) is 0.425. The van der Waals surface area contributed by atoms with Gasteiger partial charge in [0, 0.05) is 42.6 Å². The molecule has 0 radical (unpaired) electrons. The van der Waals surface area contributed by atoms with E-state index >= 15 is 0 Å². The van der Waals surface area contributed by atoms with Crippen LogP contribution in [0.1, 0.15) is 29.7 Å². The number of aryl methyl sites for hydroxylation is 3. The maximum absolute atomic E-state index is 7.92. The Morgan fingerprint density at radius 3 is 2.67 bits per heavy atom. The van der Waals surface area contributed by atoms with E-state index in [1.165, 1.54) is 0 Å². The highest BCUT2D eigenvalue weighted by molar-refractivity contribution is 5.96. The number of allylic oxidation sites excluding steroid dienone is 1. The van der Waals surface area contributed by atoms with E-state index in [4.69, 9.17) is 10.4 Å². The van der Waals surface area contributed by atoms with Crippen molar-refractivity contribution >= 4 is 22.3 Å². The molecule has 0 fully saturated rings. The molecule has 3 N–H and O–H groups in total. The SMILES string of the molecule is CC(=N)/C=C(/NCc1ccncc1)c1nc(C)c(-c2ccc3c(c2)c(C)nn3C)[nH]1. The molecule has 0 aliphatic carbocycles. The van der Waals surface area contributed by atoms with Crippen LogP contribution >= 0.6 is 0 Å². The Morgan fingerprint density at radius 2 is 1.93 bits per heavy atom. The van der Waals surface area contributed by atoms with Gasteiger partial charge in [0.05, 0.1) is 28.3 Å². The number of imidazole rings is 1. The fourth-order valence-corrected chi connectivity index (χ4v) is 3.58. The topological polar surface area (TPSA) is 95.3 Å². The molecule has 0 amide bonds. The van der Waals surface area contributed by atoms with Crippen molar-refractivity contribution in [3.05, 3.63) is 71.6 Å². The number of hydrogen-bond acceptors (Lipinski definition) is 5. The first-order valence-corrected chi connectivity index (χ1v) is 9.82. The maximum Gasteiger partial charge on any atom is 0.154 e. The molecule has 0 unspecified atom stereocenters. The van der Waals surface area contributed by atoms with Crippen molar-refractivity contribution in [3.8, 4) is 11.3 Å². The average Bonchev–Trinajstić information content (AvgIpc) is 3.25. The molecule has 0 spiro atoms. The second-order valence-electron chi connectivity index (χ2n) is 7.44. The Bertz CT molecular complexity index is 1250. The van der Waals surface area contributed by atoms with Crippen LogP contribution in [0.25, 0.3) is 27.9 Å². The molecule has 152 valence electrons. The molecule has 3 aromatic heterocycles. The van der Waals surface area contributed by atoms with Gasteiger partial charge in [-0.25, -0.2) is 4.98 Å². The lowest BCUT2D eigenvalue weighted by molar-refractivity contribution is 0.783. The van der Waals surface area contributed by atoms with Gasteiger partial charge in [0.1, 0.15) is 0 Å². The number of nitrogens with zero attached hydrogens (tertiary/aromatic N) is 4. The number of fused-ring (bicyclic) bond motifs is 1. The van der Waals surface area contributed by atoms with E-state index < -0.39 is 0 Å². The lowest BCUT2D eigenvalue weighted by atomic mass is 10.1. The first-order chi connectivity index (χ1) is 14.4. The predicted octanol–water partition coefficient (Wildman–Crippen LogP) is 4.15. The van der Waals surface area contributed by atoms with E-state index in [-0.39, 0.29) is 0 Å². The van der Waals surface area contributed by atoms with Crippen molar-refractivity contribution in [1.29, 1.82) is 5.41 Å². The van der Waals surface area contributed by atoms with Crippen LogP contribution in [0.4, 0.5) is 0 Å². The summed E-state index contributed by atoms with van der Waals surface area (Å²) < 4.78 is 1.90. The number of benzene rings is 1. The van der Waals surface area contributed by atoms with Gasteiger partial charge in [0.25, 0.3) is 0 Å². The number of H-pyrrole nitrogens is 1. The molecule has 0 aliphatic heterocycles. The highest BCUT2D eigenvalue weighted by atomic mass is 15.3. The summed E-state index contributed by atoms with van der Waals surface area (Å²) in [6.45, 7) is 6.39. The zero-order valence-corrected chi connectivity index (χ0v) is 17.6. The molecule has 0 aliphatic rings. The summed E-state index contributed by atoms with van der Waals surface area (Å²) in [4.78, 5) is 12.3. The van der Waals surface area contributed by atoms with Gasteiger partial charge in [-0.15, -0.1) is 0 Å². The van der Waals surface area contributed by atoms with E-state index in [1.807, 2.05) is 37.7 Å². The fraction of sp³-hybridized carbons (Fsp3) is 0.217. The van der Waals surface area contributed by atoms with E-state index in [1.54, 1.807) is 25.4 Å². The molecule has 0 saturated carbocycles. The van der Waals surface area contributed by atoms with Crippen LogP contribution < -0.4 is 5.32 Å². The van der Waals surface area contributed by atoms with Crippen LogP contribution in [0.2, 0.25) is 0 Å². The minimum atomic E-state index is 0.454. The van der Waals surface area contributed by atoms with Gasteiger partial charge >= 0.3 is 0 Å². The normalized spacial score (nSPS) is 11.8. The molecule has 0 atom stereocenters. The van der Waals surface area contributed by atoms with E-state index in [2.05, 4.69) is 38.6 Å². The standard InChI is InChI=1S/C23H25N7/c1-14(24)11-20(26-13-17-7-9-25-10-8-17)23-27-16(3)22(28-23)18-5-6-21-19(12-18)15(2)29-30(21)4/h5-12,24,26H,13H2,1-4H3,(H,27,28)/b20-11+,24-14?. The van der Waals surface area contributed by atoms with Crippen LogP contribution in [-0.2, 0) is 13.6 Å². The van der Waals surface area contributed by atoms with Crippen molar-refractivity contribution < 1.29 is 0 Å². The highest BCUT2D eigenvalue weighted by Gasteiger charge is 2.14. The van der Waals surface area contributed by atoms with E-state index in [0.717, 1.165) is 44.8 Å². The van der Waals surface area contributed by atoms with Crippen molar-refractivity contribution in [2.75, 3.05) is 0 Å². The third kappa shape index (κ3) is 3.87. The molecule has 0 saturated heterocycles. The average molecular weight is 400 g/mol. The van der Waals surface area contributed by atoms with Gasteiger partial charge in [-0.3, -0.25) is 9.67 Å². The van der Waals surface area contributed by atoms with Crippen LogP contribution in [0.5, 0.6) is 0 Å². The largest absolute Gasteiger partial charge is 0.378 e. The molecule has 4 rings (SSSR count). The molecular weight excluding hydrogens is 374 g/mol. The van der Waals surface area contributed by atoms with Crippen molar-refractivity contribution in [3.63, 3.8) is 0 Å². The van der Waals surface area contributed by atoms with Crippen LogP contribution in [0, 0.1) is 19.3 Å². The second kappa shape index (κ2) is 7.94. The summed E-state index contributed by atoms with van der Waals surface area (Å²) in [6, 6.07) is 10.3. The van der Waals surface area contributed by atoms with Crippen molar-refractivity contribution in [2.24, 2.45) is 7.05 Å². The Labute approximate surface area is 175 Å². The predicted molar refractivity (Wildman–Crippen MR) is 120 cm³/mol. The summed E-state index contributed by atoms with van der Waals surface area (Å²) in [5, 5.41) is 17.0. The maximum atomic E-state index is 7.92. The summed E-state index contributed by atoms with van der Waals surface area (Å²) >= 11 is 0. The van der Waals surface area contributed by atoms with E-state index in [9.17, 15) is 0 Å². The molecule has 7 nitrogen and oxygen atoms in total. The van der Waals surface area contributed by atoms with Gasteiger partial charge < -0.3 is 15.7 Å². The van der Waals surface area contributed by atoms with Gasteiger partial charge in [-0.1, -0.05) is 6.07 Å². The number of nitrogens with one attached hydrogen (secondary N) is 3. The van der Waals surface area contributed by atoms with Crippen LogP contribution in [0.3, 0.4) is 0 Å². The van der Waals surface area contributed by atoms with Crippen molar-refractivity contribution in [2.45, 2.75) is 27.3 Å². The number of aromatic amines is 1. The number of rotatable bonds is 6. The van der Waals surface area contributed by atoms with Crippen LogP contribution in [-0.4, -0.2) is 30.4 Å². The Balaban J connectivity index is 1.68. The molecule has 30 heavy (non-hydrogen) atoms. The Morgan fingerprint density at radius 1 is 1.17 bits per heavy atom. The fourth-order valence-electron chi connectivity index (χ4n) is 3.58. The molecule has 1 aromatic carbocycles. The van der Waals surface area contributed by atoms with Gasteiger partial charge in [0.2, 0.25) is 0 Å². The van der Waals surface area contributed by atoms with Crippen molar-refractivity contribution in [1.82, 2.24) is 30.0 Å². The first-order valence-electron chi connectivity index (χ1n) is 9.82. The van der Waals surface area contributed by atoms with Crippen LogP contribution in [0.15, 0.2) is 48.8 Å².